The van der Waals surface area contributed by atoms with Crippen LogP contribution in [0, 0.1) is 0 Å². The number of aromatic nitrogens is 2. The molecule has 1 aliphatic rings. The summed E-state index contributed by atoms with van der Waals surface area (Å²) < 4.78 is 47.7. The number of hydrogen-bond acceptors (Lipinski definition) is 5. The first kappa shape index (κ1) is 34.1. The highest BCUT2D eigenvalue weighted by Gasteiger charge is 2.53. The number of nitrogens with one attached hydrogen (secondary N) is 1. The molecule has 0 spiro atoms. The van der Waals surface area contributed by atoms with Gasteiger partial charge in [0.25, 0.3) is 8.32 Å². The topological polar surface area (TPSA) is 82.5 Å². The second-order valence-corrected chi connectivity index (χ2v) is 25.2. The van der Waals surface area contributed by atoms with Gasteiger partial charge in [-0.15, -0.1) is 0 Å². The number of hydrogen-bond donors (Lipinski definition) is 1. The first-order valence-corrected chi connectivity index (χ1v) is 21.8. The van der Waals surface area contributed by atoms with Crippen molar-refractivity contribution in [3.05, 3.63) is 128 Å². The van der Waals surface area contributed by atoms with E-state index in [0.29, 0.717) is 6.54 Å². The van der Waals surface area contributed by atoms with Gasteiger partial charge in [-0.1, -0.05) is 163 Å². The second-order valence-electron chi connectivity index (χ2n) is 14.5. The molecule has 2 heterocycles. The fourth-order valence-corrected chi connectivity index (χ4v) is 20.1. The number of ether oxygens (including phenoxy) is 1. The minimum Gasteiger partial charge on any atom is -0.474 e. The van der Waals surface area contributed by atoms with E-state index in [1.165, 1.54) is 16.6 Å². The van der Waals surface area contributed by atoms with E-state index >= 15 is 0 Å². The first-order chi connectivity index (χ1) is 22.8. The van der Waals surface area contributed by atoms with Crippen LogP contribution in [-0.4, -0.2) is 47.5 Å². The lowest BCUT2D eigenvalue weighted by atomic mass is 10.2. The molecule has 1 aliphatic heterocycles. The van der Waals surface area contributed by atoms with Crippen molar-refractivity contribution in [3.8, 4) is 5.88 Å². The van der Waals surface area contributed by atoms with E-state index in [2.05, 4.69) is 99.6 Å². The highest BCUT2D eigenvalue weighted by Crippen LogP contribution is 2.40. The lowest BCUT2D eigenvalue weighted by Gasteiger charge is -2.45. The van der Waals surface area contributed by atoms with Crippen LogP contribution >= 0.6 is 0 Å². The Balaban J connectivity index is 1.37. The van der Waals surface area contributed by atoms with Crippen LogP contribution in [0.25, 0.3) is 0 Å². The lowest BCUT2D eigenvalue weighted by Crippen LogP contribution is -2.74. The Morgan fingerprint density at radius 1 is 0.708 bits per heavy atom. The summed E-state index contributed by atoms with van der Waals surface area (Å²) in [7, 11) is -10.1. The first-order valence-electron chi connectivity index (χ1n) is 16.4. The predicted octanol–water partition coefficient (Wildman–Crippen LogP) is 5.06. The van der Waals surface area contributed by atoms with E-state index in [1.54, 1.807) is 4.68 Å². The van der Waals surface area contributed by atoms with E-state index < -0.39 is 31.6 Å². The van der Waals surface area contributed by atoms with Gasteiger partial charge in [-0.2, -0.15) is 5.10 Å². The smallest absolute Gasteiger partial charge is 0.261 e. The molecule has 0 aliphatic carbocycles. The van der Waals surface area contributed by atoms with Crippen molar-refractivity contribution in [2.24, 2.45) is 0 Å². The fourth-order valence-electron chi connectivity index (χ4n) is 7.18. The van der Waals surface area contributed by atoms with Crippen LogP contribution in [0.4, 0.5) is 0 Å². The number of nitrogens with zero attached hydrogens (tertiary/aromatic N) is 2. The van der Waals surface area contributed by atoms with Crippen molar-refractivity contribution in [2.75, 3.05) is 6.61 Å². The van der Waals surface area contributed by atoms with Gasteiger partial charge in [0.15, 0.2) is 4.90 Å². The molecule has 6 rings (SSSR count). The summed E-state index contributed by atoms with van der Waals surface area (Å²) in [6.45, 7) is 13.6. The number of sulfonamides is 1. The molecule has 1 atom stereocenters. The summed E-state index contributed by atoms with van der Waals surface area (Å²) in [5, 5.41) is 8.24. The number of rotatable bonds is 9. The Hall–Kier alpha value is -3.81. The third-order valence-corrected chi connectivity index (χ3v) is 22.3. The maximum absolute atomic E-state index is 14.6. The van der Waals surface area contributed by atoms with Gasteiger partial charge in [-0.25, -0.2) is 17.5 Å². The van der Waals surface area contributed by atoms with E-state index in [-0.39, 0.29) is 28.5 Å². The minimum absolute atomic E-state index is 0.0411. The monoisotopic (exact) mass is 695 g/mol. The van der Waals surface area contributed by atoms with Gasteiger partial charge >= 0.3 is 0 Å². The maximum Gasteiger partial charge on any atom is 0.261 e. The molecule has 0 bridgehead atoms. The standard InChI is InChI=1S/C38H45N3O4SSi2/c1-37(2,3)47(31-19-11-7-12-20-31,32-21-13-8-14-22-32)40-46(42,43)35-27-39-41-28-30(29-44-36(35)41)45-48(38(4,5)6,33-23-15-9-16-24-33)34-25-17-10-18-26-34/h7-27,30,40H,28-29H2,1-6H3/t30-/m1/s1. The molecule has 250 valence electrons. The fraction of sp³-hybridized carbons (Fsp3) is 0.289. The summed E-state index contributed by atoms with van der Waals surface area (Å²) in [6.07, 6.45) is 1.07. The summed E-state index contributed by atoms with van der Waals surface area (Å²) >= 11 is 0. The molecule has 0 unspecified atom stereocenters. The van der Waals surface area contributed by atoms with Crippen LogP contribution in [0.2, 0.25) is 10.1 Å². The van der Waals surface area contributed by atoms with Crippen LogP contribution in [0.5, 0.6) is 5.88 Å². The zero-order valence-electron chi connectivity index (χ0n) is 28.6. The molecule has 4 aromatic carbocycles. The molecule has 7 nitrogen and oxygen atoms in total. The zero-order valence-corrected chi connectivity index (χ0v) is 31.4. The molecule has 1 aromatic heterocycles. The Bertz CT molecular complexity index is 1860. The highest BCUT2D eigenvalue weighted by atomic mass is 32.2. The Kier molecular flexibility index (Phi) is 9.16. The van der Waals surface area contributed by atoms with Crippen LogP contribution in [-0.2, 0) is 21.0 Å². The molecule has 48 heavy (non-hydrogen) atoms. The van der Waals surface area contributed by atoms with Gasteiger partial charge in [0.1, 0.15) is 6.61 Å². The summed E-state index contributed by atoms with van der Waals surface area (Å²) in [5.41, 5.74) is 0. The Morgan fingerprint density at radius 3 is 1.56 bits per heavy atom. The Labute approximate surface area is 287 Å². The third-order valence-electron chi connectivity index (χ3n) is 9.42. The molecule has 0 saturated heterocycles. The van der Waals surface area contributed by atoms with Crippen molar-refractivity contribution >= 4 is 47.3 Å². The molecule has 0 saturated carbocycles. The van der Waals surface area contributed by atoms with E-state index in [4.69, 9.17) is 9.16 Å². The summed E-state index contributed by atoms with van der Waals surface area (Å²) in [6, 6.07) is 40.9. The van der Waals surface area contributed by atoms with Crippen molar-refractivity contribution in [1.29, 1.82) is 0 Å². The minimum atomic E-state index is -4.09. The van der Waals surface area contributed by atoms with Gasteiger partial charge < -0.3 is 9.16 Å². The van der Waals surface area contributed by atoms with E-state index in [0.717, 1.165) is 10.4 Å². The quantitative estimate of drug-likeness (QED) is 0.218. The van der Waals surface area contributed by atoms with Gasteiger partial charge in [-0.3, -0.25) is 0 Å². The van der Waals surface area contributed by atoms with Gasteiger partial charge in [-0.05, 0) is 30.8 Å². The van der Waals surface area contributed by atoms with Crippen LogP contribution in [0.3, 0.4) is 0 Å². The van der Waals surface area contributed by atoms with Gasteiger partial charge in [0.2, 0.25) is 24.1 Å². The van der Waals surface area contributed by atoms with Crippen LogP contribution < -0.4 is 29.9 Å². The molecule has 1 N–H and O–H groups in total. The van der Waals surface area contributed by atoms with E-state index in [1.807, 2.05) is 72.8 Å². The number of benzene rings is 4. The number of fused-ring (bicyclic) bond motifs is 1. The summed E-state index contributed by atoms with van der Waals surface area (Å²) in [5.74, 6) is 0.239. The average Bonchev–Trinajstić information content (AvgIpc) is 3.51. The molecular formula is C38H45N3O4SSi2. The van der Waals surface area contributed by atoms with E-state index in [9.17, 15) is 8.42 Å². The lowest BCUT2D eigenvalue weighted by molar-refractivity contribution is 0.0646. The van der Waals surface area contributed by atoms with Crippen molar-refractivity contribution in [2.45, 2.75) is 69.2 Å². The van der Waals surface area contributed by atoms with Crippen molar-refractivity contribution < 1.29 is 17.6 Å². The molecule has 0 amide bonds. The van der Waals surface area contributed by atoms with Crippen molar-refractivity contribution in [3.63, 3.8) is 0 Å². The Morgan fingerprint density at radius 2 is 1.15 bits per heavy atom. The van der Waals surface area contributed by atoms with Crippen LogP contribution in [0.15, 0.2) is 132 Å². The van der Waals surface area contributed by atoms with Gasteiger partial charge in [0, 0.05) is 0 Å². The predicted molar refractivity (Wildman–Crippen MR) is 198 cm³/mol. The molecule has 10 heteroatoms. The maximum atomic E-state index is 14.6. The normalized spacial score (nSPS) is 15.8. The van der Waals surface area contributed by atoms with Gasteiger partial charge in [0.05, 0.1) is 18.8 Å². The third kappa shape index (κ3) is 6.01. The second kappa shape index (κ2) is 12.9. The summed E-state index contributed by atoms with van der Waals surface area (Å²) in [4.78, 5) is 0.0411. The average molecular weight is 696 g/mol. The molecule has 0 fully saturated rings. The largest absolute Gasteiger partial charge is 0.474 e. The zero-order chi connectivity index (χ0) is 34.2. The molecule has 5 aromatic rings. The SMILES string of the molecule is CC(C)(C)[Si](NS(=O)(=O)c1cnn2c1OC[C@H](O[Si](c1ccccc1)(c1ccccc1)C(C)(C)C)C2)(c1ccccc1)c1ccccc1. The highest BCUT2D eigenvalue weighted by molar-refractivity contribution is 7.91. The molecular weight excluding hydrogens is 651 g/mol. The molecule has 0 radical (unpaired) electrons. The van der Waals surface area contributed by atoms with Crippen molar-refractivity contribution in [1.82, 2.24) is 14.2 Å². The van der Waals surface area contributed by atoms with Crippen LogP contribution in [0.1, 0.15) is 41.5 Å².